The first-order valence-electron chi connectivity index (χ1n) is 10.3. The van der Waals surface area contributed by atoms with Crippen LogP contribution < -0.4 is 10.1 Å². The van der Waals surface area contributed by atoms with Gasteiger partial charge in [-0.1, -0.05) is 50.2 Å². The zero-order valence-corrected chi connectivity index (χ0v) is 17.3. The number of rotatable bonds is 8. The largest absolute Gasteiger partial charge is 0.483 e. The maximum Gasteiger partial charge on any atom is 0.258 e. The van der Waals surface area contributed by atoms with Crippen molar-refractivity contribution in [2.45, 2.75) is 52.6 Å². The minimum Gasteiger partial charge on any atom is -0.483 e. The van der Waals surface area contributed by atoms with Crippen molar-refractivity contribution < 1.29 is 9.53 Å². The summed E-state index contributed by atoms with van der Waals surface area (Å²) in [5.41, 5.74) is 4.71. The summed E-state index contributed by atoms with van der Waals surface area (Å²) in [5, 5.41) is 2.98. The fraction of sp³-hybridized carbons (Fsp3) is 0.458. The summed E-state index contributed by atoms with van der Waals surface area (Å²) in [6, 6.07) is 14.7. The van der Waals surface area contributed by atoms with Crippen molar-refractivity contribution in [3.05, 3.63) is 64.7 Å². The minimum atomic E-state index is -0.0961. The molecule has 1 N–H and O–H groups in total. The second kappa shape index (κ2) is 9.74. The molecule has 3 rings (SSSR count). The summed E-state index contributed by atoms with van der Waals surface area (Å²) >= 11 is 0. The molecule has 1 amide bonds. The molecule has 1 fully saturated rings. The Labute approximate surface area is 168 Å². The van der Waals surface area contributed by atoms with Crippen LogP contribution in [-0.2, 0) is 17.9 Å². The number of hydrogen-bond donors (Lipinski definition) is 1. The lowest BCUT2D eigenvalue weighted by Gasteiger charge is -2.16. The quantitative estimate of drug-likeness (QED) is 0.738. The fourth-order valence-electron chi connectivity index (χ4n) is 3.68. The van der Waals surface area contributed by atoms with E-state index in [0.717, 1.165) is 29.0 Å². The van der Waals surface area contributed by atoms with Gasteiger partial charge in [0.05, 0.1) is 0 Å². The standard InChI is InChI=1S/C24H32N2O2/c1-18(2)22-10-9-19(3)13-23(22)28-17-24(27)25-15-20-7-6-8-21(14-20)16-26-11-4-5-12-26/h6-10,13-14,18H,4-5,11-12,15-17H2,1-3H3,(H,25,27). The van der Waals surface area contributed by atoms with Crippen LogP contribution in [0.3, 0.4) is 0 Å². The van der Waals surface area contributed by atoms with Gasteiger partial charge < -0.3 is 10.1 Å². The number of carbonyl (C=O) groups is 1. The van der Waals surface area contributed by atoms with Crippen molar-refractivity contribution in [3.63, 3.8) is 0 Å². The third-order valence-electron chi connectivity index (χ3n) is 5.24. The van der Waals surface area contributed by atoms with Gasteiger partial charge in [-0.25, -0.2) is 0 Å². The molecule has 28 heavy (non-hydrogen) atoms. The lowest BCUT2D eigenvalue weighted by atomic mass is 10.0. The van der Waals surface area contributed by atoms with Gasteiger partial charge in [0.25, 0.3) is 5.91 Å². The molecule has 1 aliphatic heterocycles. The van der Waals surface area contributed by atoms with Gasteiger partial charge in [0.1, 0.15) is 5.75 Å². The van der Waals surface area contributed by atoms with E-state index in [4.69, 9.17) is 4.74 Å². The number of amides is 1. The van der Waals surface area contributed by atoms with Gasteiger partial charge in [-0.3, -0.25) is 9.69 Å². The summed E-state index contributed by atoms with van der Waals surface area (Å²) in [7, 11) is 0. The molecule has 2 aromatic carbocycles. The topological polar surface area (TPSA) is 41.6 Å². The van der Waals surface area contributed by atoms with Gasteiger partial charge >= 0.3 is 0 Å². The summed E-state index contributed by atoms with van der Waals surface area (Å²) < 4.78 is 5.82. The zero-order chi connectivity index (χ0) is 19.9. The number of hydrogen-bond acceptors (Lipinski definition) is 3. The SMILES string of the molecule is Cc1ccc(C(C)C)c(OCC(=O)NCc2cccc(CN3CCCC3)c2)c1. The summed E-state index contributed by atoms with van der Waals surface area (Å²) in [6.07, 6.45) is 2.60. The average molecular weight is 381 g/mol. The molecule has 0 atom stereocenters. The Morgan fingerprint density at radius 2 is 1.86 bits per heavy atom. The van der Waals surface area contributed by atoms with Crippen molar-refractivity contribution in [3.8, 4) is 5.75 Å². The predicted molar refractivity (Wildman–Crippen MR) is 114 cm³/mol. The Bertz CT molecular complexity index is 795. The number of ether oxygens (including phenoxy) is 1. The van der Waals surface area contributed by atoms with Crippen LogP contribution in [0.2, 0.25) is 0 Å². The minimum absolute atomic E-state index is 0.0383. The molecule has 1 heterocycles. The molecule has 0 unspecified atom stereocenters. The molecule has 1 aliphatic rings. The van der Waals surface area contributed by atoms with E-state index in [-0.39, 0.29) is 12.5 Å². The molecule has 0 radical (unpaired) electrons. The van der Waals surface area contributed by atoms with E-state index in [1.807, 2.05) is 13.0 Å². The maximum atomic E-state index is 12.3. The Morgan fingerprint density at radius 1 is 1.11 bits per heavy atom. The molecule has 0 saturated carbocycles. The molecule has 1 saturated heterocycles. The first-order chi connectivity index (χ1) is 13.5. The van der Waals surface area contributed by atoms with Gasteiger partial charge in [-0.15, -0.1) is 0 Å². The molecule has 0 bridgehead atoms. The molecular formula is C24H32N2O2. The Kier molecular flexibility index (Phi) is 7.10. The van der Waals surface area contributed by atoms with Crippen molar-refractivity contribution in [2.75, 3.05) is 19.7 Å². The Morgan fingerprint density at radius 3 is 2.61 bits per heavy atom. The lowest BCUT2D eigenvalue weighted by Crippen LogP contribution is -2.28. The first kappa shape index (κ1) is 20.4. The van der Waals surface area contributed by atoms with E-state index in [9.17, 15) is 4.79 Å². The van der Waals surface area contributed by atoms with Gasteiger partial charge in [0.15, 0.2) is 6.61 Å². The van der Waals surface area contributed by atoms with Crippen LogP contribution in [0.25, 0.3) is 0 Å². The highest BCUT2D eigenvalue weighted by Gasteiger charge is 2.12. The number of aryl methyl sites for hydroxylation is 1. The second-order valence-electron chi connectivity index (χ2n) is 8.06. The highest BCUT2D eigenvalue weighted by atomic mass is 16.5. The third-order valence-corrected chi connectivity index (χ3v) is 5.24. The van der Waals surface area contributed by atoms with E-state index >= 15 is 0 Å². The molecule has 150 valence electrons. The van der Waals surface area contributed by atoms with E-state index < -0.39 is 0 Å². The summed E-state index contributed by atoms with van der Waals surface area (Å²) in [6.45, 7) is 10.2. The summed E-state index contributed by atoms with van der Waals surface area (Å²) in [4.78, 5) is 14.8. The highest BCUT2D eigenvalue weighted by Crippen LogP contribution is 2.27. The average Bonchev–Trinajstić information content (AvgIpc) is 3.18. The molecule has 4 heteroatoms. The van der Waals surface area contributed by atoms with Crippen molar-refractivity contribution >= 4 is 5.91 Å². The number of likely N-dealkylation sites (tertiary alicyclic amines) is 1. The van der Waals surface area contributed by atoms with Crippen molar-refractivity contribution in [1.82, 2.24) is 10.2 Å². The first-order valence-corrected chi connectivity index (χ1v) is 10.3. The number of nitrogens with one attached hydrogen (secondary N) is 1. The molecule has 0 spiro atoms. The highest BCUT2D eigenvalue weighted by molar-refractivity contribution is 5.77. The van der Waals surface area contributed by atoms with E-state index in [0.29, 0.717) is 12.5 Å². The van der Waals surface area contributed by atoms with Crippen LogP contribution in [0, 0.1) is 6.92 Å². The molecule has 4 nitrogen and oxygen atoms in total. The van der Waals surface area contributed by atoms with Crippen LogP contribution in [-0.4, -0.2) is 30.5 Å². The molecule has 2 aromatic rings. The van der Waals surface area contributed by atoms with Crippen LogP contribution in [0.5, 0.6) is 5.75 Å². The number of nitrogens with zero attached hydrogens (tertiary/aromatic N) is 1. The normalized spacial score (nSPS) is 14.4. The zero-order valence-electron chi connectivity index (χ0n) is 17.3. The lowest BCUT2D eigenvalue weighted by molar-refractivity contribution is -0.123. The second-order valence-corrected chi connectivity index (χ2v) is 8.06. The van der Waals surface area contributed by atoms with E-state index in [1.165, 1.54) is 31.5 Å². The molecular weight excluding hydrogens is 348 g/mol. The van der Waals surface area contributed by atoms with E-state index in [2.05, 4.69) is 60.5 Å². The van der Waals surface area contributed by atoms with Crippen molar-refractivity contribution in [2.24, 2.45) is 0 Å². The number of benzene rings is 2. The summed E-state index contributed by atoms with van der Waals surface area (Å²) in [5.74, 6) is 1.07. The van der Waals surface area contributed by atoms with Gasteiger partial charge in [0.2, 0.25) is 0 Å². The monoisotopic (exact) mass is 380 g/mol. The van der Waals surface area contributed by atoms with Gasteiger partial charge in [-0.2, -0.15) is 0 Å². The smallest absolute Gasteiger partial charge is 0.258 e. The van der Waals surface area contributed by atoms with Crippen LogP contribution in [0.1, 0.15) is 54.9 Å². The van der Waals surface area contributed by atoms with E-state index in [1.54, 1.807) is 0 Å². The molecule has 0 aromatic heterocycles. The fourth-order valence-corrected chi connectivity index (χ4v) is 3.68. The van der Waals surface area contributed by atoms with Crippen molar-refractivity contribution in [1.29, 1.82) is 0 Å². The van der Waals surface area contributed by atoms with Gasteiger partial charge in [-0.05, 0) is 67.1 Å². The van der Waals surface area contributed by atoms with Crippen LogP contribution in [0.4, 0.5) is 0 Å². The van der Waals surface area contributed by atoms with Crippen LogP contribution in [0.15, 0.2) is 42.5 Å². The maximum absolute atomic E-state index is 12.3. The van der Waals surface area contributed by atoms with Crippen LogP contribution >= 0.6 is 0 Å². The molecule has 0 aliphatic carbocycles. The van der Waals surface area contributed by atoms with Gasteiger partial charge in [0, 0.05) is 13.1 Å². The number of carbonyl (C=O) groups excluding carboxylic acids is 1. The predicted octanol–water partition coefficient (Wildman–Crippen LogP) is 4.41. The third kappa shape index (κ3) is 5.83. The Hall–Kier alpha value is -2.33. The Balaban J connectivity index is 1.50.